The van der Waals surface area contributed by atoms with Gasteiger partial charge < -0.3 is 19.2 Å². The largest absolute Gasteiger partial charge is 0.459 e. The molecular weight excluding hydrogens is 356 g/mol. The summed E-state index contributed by atoms with van der Waals surface area (Å²) in [5.41, 5.74) is 2.65. The molecule has 1 aromatic carbocycles. The summed E-state index contributed by atoms with van der Waals surface area (Å²) in [6, 6.07) is 10.8. The van der Waals surface area contributed by atoms with Crippen molar-refractivity contribution < 1.29 is 14.0 Å². The minimum absolute atomic E-state index is 0.0605. The van der Waals surface area contributed by atoms with Crippen molar-refractivity contribution in [3.63, 3.8) is 0 Å². The summed E-state index contributed by atoms with van der Waals surface area (Å²) in [7, 11) is 1.56. The number of benzene rings is 1. The van der Waals surface area contributed by atoms with Crippen molar-refractivity contribution in [2.24, 2.45) is 0 Å². The number of likely N-dealkylation sites (N-methyl/N-ethyl adjacent to an activating group) is 1. The molecule has 144 valence electrons. The maximum absolute atomic E-state index is 12.2. The van der Waals surface area contributed by atoms with E-state index >= 15 is 0 Å². The van der Waals surface area contributed by atoms with Gasteiger partial charge in [0.15, 0.2) is 5.76 Å². The van der Waals surface area contributed by atoms with Crippen LogP contribution in [0.1, 0.15) is 29.2 Å². The molecule has 7 heteroatoms. The molecule has 0 saturated carbocycles. The van der Waals surface area contributed by atoms with Crippen molar-refractivity contribution in [3.05, 3.63) is 60.4 Å². The smallest absolute Gasteiger partial charge is 0.289 e. The number of nitrogens with one attached hydrogen (secondary N) is 1. The van der Waals surface area contributed by atoms with Crippen molar-refractivity contribution in [1.29, 1.82) is 0 Å². The first-order valence-corrected chi connectivity index (χ1v) is 9.35. The minimum Gasteiger partial charge on any atom is -0.459 e. The number of carbonyl (C=O) groups is 2. The fourth-order valence-electron chi connectivity index (χ4n) is 3.35. The number of aromatic nitrogens is 2. The quantitative estimate of drug-likeness (QED) is 0.739. The number of amides is 2. The lowest BCUT2D eigenvalue weighted by Crippen LogP contribution is -2.34. The summed E-state index contributed by atoms with van der Waals surface area (Å²) in [6.45, 7) is 0.968. The maximum atomic E-state index is 12.2. The van der Waals surface area contributed by atoms with Gasteiger partial charge in [0.25, 0.3) is 5.91 Å². The normalized spacial score (nSPS) is 13.0. The Balaban J connectivity index is 1.37. The maximum Gasteiger partial charge on any atom is 0.289 e. The molecule has 0 atom stereocenters. The second-order valence-corrected chi connectivity index (χ2v) is 6.96. The lowest BCUT2D eigenvalue weighted by molar-refractivity contribution is -0.116. The zero-order chi connectivity index (χ0) is 19.5. The Hall–Kier alpha value is -3.35. The predicted octanol–water partition coefficient (Wildman–Crippen LogP) is 3.19. The lowest BCUT2D eigenvalue weighted by atomic mass is 10.1. The number of carbonyl (C=O) groups excluding carboxylic acids is 2. The van der Waals surface area contributed by atoms with Crippen LogP contribution >= 0.6 is 0 Å². The van der Waals surface area contributed by atoms with E-state index in [2.05, 4.69) is 16.1 Å². The van der Waals surface area contributed by atoms with Gasteiger partial charge in [-0.3, -0.25) is 9.59 Å². The van der Waals surface area contributed by atoms with Crippen LogP contribution in [0, 0.1) is 0 Å². The molecule has 0 spiro atoms. The van der Waals surface area contributed by atoms with E-state index in [-0.39, 0.29) is 24.1 Å². The van der Waals surface area contributed by atoms with Crippen LogP contribution in [0.3, 0.4) is 0 Å². The average Bonchev–Trinajstić information content (AvgIpc) is 3.37. The third-order valence-corrected chi connectivity index (χ3v) is 4.83. The van der Waals surface area contributed by atoms with Crippen molar-refractivity contribution in [3.8, 4) is 11.3 Å². The molecule has 28 heavy (non-hydrogen) atoms. The van der Waals surface area contributed by atoms with E-state index in [0.29, 0.717) is 5.69 Å². The summed E-state index contributed by atoms with van der Waals surface area (Å²) in [5, 5.41) is 2.81. The molecule has 1 aliphatic heterocycles. The van der Waals surface area contributed by atoms with Crippen LogP contribution in [-0.4, -0.2) is 39.9 Å². The number of imidazole rings is 1. The van der Waals surface area contributed by atoms with E-state index in [1.54, 1.807) is 19.2 Å². The highest BCUT2D eigenvalue weighted by molar-refractivity contribution is 5.98. The van der Waals surface area contributed by atoms with E-state index in [1.165, 1.54) is 24.0 Å². The van der Waals surface area contributed by atoms with Crippen LogP contribution in [0.2, 0.25) is 0 Å². The monoisotopic (exact) mass is 378 g/mol. The number of fused-ring (bicyclic) bond motifs is 1. The standard InChI is InChI=1S/C21H22N4O3/c1-24(21(27)18-5-4-12-28-18)14-20(26)22-16-9-7-15(8-10-16)17-13-25-11-3-2-6-19(25)23-17/h4-5,7-10,12-13H,2-3,6,11,14H2,1H3,(H,22,26). The fraction of sp³-hybridized carbons (Fsp3) is 0.286. The number of hydrogen-bond acceptors (Lipinski definition) is 4. The summed E-state index contributed by atoms with van der Waals surface area (Å²) < 4.78 is 7.29. The van der Waals surface area contributed by atoms with Gasteiger partial charge in [0, 0.05) is 37.5 Å². The lowest BCUT2D eigenvalue weighted by Gasteiger charge is -2.15. The van der Waals surface area contributed by atoms with Crippen molar-refractivity contribution in [2.75, 3.05) is 18.9 Å². The first-order chi connectivity index (χ1) is 13.6. The number of hydrogen-bond donors (Lipinski definition) is 1. The molecule has 3 heterocycles. The second kappa shape index (κ2) is 7.72. The number of anilines is 1. The van der Waals surface area contributed by atoms with Gasteiger partial charge in [-0.1, -0.05) is 12.1 Å². The van der Waals surface area contributed by atoms with Crippen LogP contribution in [-0.2, 0) is 17.8 Å². The zero-order valence-electron chi connectivity index (χ0n) is 15.7. The highest BCUT2D eigenvalue weighted by Crippen LogP contribution is 2.24. The molecule has 2 amide bonds. The molecular formula is C21H22N4O3. The van der Waals surface area contributed by atoms with Crippen LogP contribution in [0.5, 0.6) is 0 Å². The Kier molecular flexibility index (Phi) is 4.97. The van der Waals surface area contributed by atoms with Gasteiger partial charge in [0.2, 0.25) is 5.91 Å². The number of aryl methyl sites for hydroxylation is 2. The Morgan fingerprint density at radius 2 is 2.04 bits per heavy atom. The van der Waals surface area contributed by atoms with E-state index in [1.807, 2.05) is 24.3 Å². The molecule has 2 aromatic heterocycles. The molecule has 0 fully saturated rings. The zero-order valence-corrected chi connectivity index (χ0v) is 15.7. The average molecular weight is 378 g/mol. The highest BCUT2D eigenvalue weighted by Gasteiger charge is 2.17. The summed E-state index contributed by atoms with van der Waals surface area (Å²) >= 11 is 0. The van der Waals surface area contributed by atoms with Gasteiger partial charge in [-0.05, 0) is 37.1 Å². The van der Waals surface area contributed by atoms with Crippen molar-refractivity contribution in [2.45, 2.75) is 25.8 Å². The number of rotatable bonds is 5. The minimum atomic E-state index is -0.334. The van der Waals surface area contributed by atoms with Gasteiger partial charge in [0.05, 0.1) is 18.5 Å². The molecule has 3 aromatic rings. The molecule has 0 unspecified atom stereocenters. The van der Waals surface area contributed by atoms with Gasteiger partial charge in [-0.15, -0.1) is 0 Å². The Bertz CT molecular complexity index is 950. The molecule has 0 bridgehead atoms. The van der Waals surface area contributed by atoms with E-state index < -0.39 is 0 Å². The molecule has 0 saturated heterocycles. The van der Waals surface area contributed by atoms with Gasteiger partial charge >= 0.3 is 0 Å². The third-order valence-electron chi connectivity index (χ3n) is 4.83. The summed E-state index contributed by atoms with van der Waals surface area (Å²) in [4.78, 5) is 30.4. The van der Waals surface area contributed by atoms with Gasteiger partial charge in [-0.2, -0.15) is 0 Å². The first-order valence-electron chi connectivity index (χ1n) is 9.35. The van der Waals surface area contributed by atoms with Crippen molar-refractivity contribution in [1.82, 2.24) is 14.5 Å². The highest BCUT2D eigenvalue weighted by atomic mass is 16.3. The molecule has 0 radical (unpaired) electrons. The Labute approximate surface area is 163 Å². The predicted molar refractivity (Wildman–Crippen MR) is 105 cm³/mol. The van der Waals surface area contributed by atoms with Gasteiger partial charge in [-0.25, -0.2) is 4.98 Å². The van der Waals surface area contributed by atoms with Crippen molar-refractivity contribution >= 4 is 17.5 Å². The van der Waals surface area contributed by atoms with E-state index in [0.717, 1.165) is 30.0 Å². The van der Waals surface area contributed by atoms with E-state index in [4.69, 9.17) is 9.40 Å². The SMILES string of the molecule is CN(CC(=O)Nc1ccc(-c2cn3c(n2)CCCC3)cc1)C(=O)c1ccco1. The van der Waals surface area contributed by atoms with E-state index in [9.17, 15) is 9.59 Å². The van der Waals surface area contributed by atoms with Gasteiger partial charge in [0.1, 0.15) is 5.82 Å². The number of nitrogens with zero attached hydrogens (tertiary/aromatic N) is 3. The van der Waals surface area contributed by atoms with Crippen LogP contribution in [0.4, 0.5) is 5.69 Å². The Morgan fingerprint density at radius 3 is 2.75 bits per heavy atom. The molecule has 7 nitrogen and oxygen atoms in total. The Morgan fingerprint density at radius 1 is 1.21 bits per heavy atom. The topological polar surface area (TPSA) is 80.4 Å². The molecule has 1 N–H and O–H groups in total. The van der Waals surface area contributed by atoms with Crippen LogP contribution in [0.25, 0.3) is 11.3 Å². The third kappa shape index (κ3) is 3.83. The summed E-state index contributed by atoms with van der Waals surface area (Å²) in [5.74, 6) is 0.747. The molecule has 0 aliphatic carbocycles. The first kappa shape index (κ1) is 18.0. The summed E-state index contributed by atoms with van der Waals surface area (Å²) in [6.07, 6.45) is 6.94. The number of furan rings is 1. The van der Waals surface area contributed by atoms with Crippen LogP contribution in [0.15, 0.2) is 53.3 Å². The second-order valence-electron chi connectivity index (χ2n) is 6.96. The molecule has 1 aliphatic rings. The van der Waals surface area contributed by atoms with Crippen LogP contribution < -0.4 is 5.32 Å². The fourth-order valence-corrected chi connectivity index (χ4v) is 3.35. The molecule has 4 rings (SSSR count).